The molecular formula is C26H28N2O7. The van der Waals surface area contributed by atoms with Crippen LogP contribution in [0.1, 0.15) is 27.0 Å². The molecule has 0 spiro atoms. The lowest BCUT2D eigenvalue weighted by molar-refractivity contribution is 0.104. The molecule has 0 saturated carbocycles. The molecule has 35 heavy (non-hydrogen) atoms. The van der Waals surface area contributed by atoms with Gasteiger partial charge in [0.15, 0.2) is 17.3 Å². The number of allylic oxidation sites excluding steroid dienone is 1. The second-order valence-electron chi connectivity index (χ2n) is 7.31. The minimum absolute atomic E-state index is 0.264. The zero-order valence-electron chi connectivity index (χ0n) is 20.0. The van der Waals surface area contributed by atoms with Crippen molar-refractivity contribution in [1.82, 2.24) is 4.98 Å². The van der Waals surface area contributed by atoms with E-state index in [1.54, 1.807) is 48.7 Å². The third-order valence-corrected chi connectivity index (χ3v) is 5.31. The number of aliphatic hydroxyl groups excluding tert-OH is 2. The van der Waals surface area contributed by atoms with E-state index < -0.39 is 0 Å². The van der Waals surface area contributed by atoms with Crippen molar-refractivity contribution < 1.29 is 34.0 Å². The largest absolute Gasteiger partial charge is 0.496 e. The van der Waals surface area contributed by atoms with Crippen LogP contribution >= 0.6 is 0 Å². The minimum Gasteiger partial charge on any atom is -0.496 e. The Morgan fingerprint density at radius 1 is 0.943 bits per heavy atom. The molecule has 9 nitrogen and oxygen atoms in total. The summed E-state index contributed by atoms with van der Waals surface area (Å²) < 4.78 is 21.3. The van der Waals surface area contributed by atoms with Gasteiger partial charge < -0.3 is 34.5 Å². The van der Waals surface area contributed by atoms with E-state index in [1.165, 1.54) is 34.5 Å². The fourth-order valence-corrected chi connectivity index (χ4v) is 3.56. The lowest BCUT2D eigenvalue weighted by Crippen LogP contribution is -2.03. The van der Waals surface area contributed by atoms with Gasteiger partial charge in [-0.25, -0.2) is 4.98 Å². The Morgan fingerprint density at radius 2 is 1.63 bits per heavy atom. The third-order valence-electron chi connectivity index (χ3n) is 5.31. The standard InChI is InChI=1S/C26H28N2O7/c1-32-22-13-19(10-18(14-29)20(22)15-30)28-26-16(6-5-9-27-26)7-8-21(31)17-11-23(33-2)25(35-4)24(12-17)34-3/h5-13,29-30H,14-15H2,1-4H3,(H,27,28). The first-order valence-corrected chi connectivity index (χ1v) is 10.7. The van der Waals surface area contributed by atoms with Crippen LogP contribution in [-0.4, -0.2) is 49.4 Å². The highest BCUT2D eigenvalue weighted by molar-refractivity contribution is 6.07. The number of nitrogens with zero attached hydrogens (tertiary/aromatic N) is 1. The van der Waals surface area contributed by atoms with Crippen molar-refractivity contribution in [2.45, 2.75) is 13.2 Å². The van der Waals surface area contributed by atoms with Gasteiger partial charge in [-0.1, -0.05) is 0 Å². The maximum atomic E-state index is 12.9. The summed E-state index contributed by atoms with van der Waals surface area (Å²) in [7, 11) is 5.96. The van der Waals surface area contributed by atoms with Crippen LogP contribution in [0, 0.1) is 0 Å². The fourth-order valence-electron chi connectivity index (χ4n) is 3.56. The van der Waals surface area contributed by atoms with E-state index in [-0.39, 0.29) is 19.0 Å². The molecule has 1 aromatic heterocycles. The summed E-state index contributed by atoms with van der Waals surface area (Å²) in [6, 6.07) is 10.1. The summed E-state index contributed by atoms with van der Waals surface area (Å²) in [6.07, 6.45) is 4.69. The quantitative estimate of drug-likeness (QED) is 0.278. The van der Waals surface area contributed by atoms with E-state index in [9.17, 15) is 15.0 Å². The summed E-state index contributed by atoms with van der Waals surface area (Å²) in [4.78, 5) is 17.3. The number of ether oxygens (including phenoxy) is 4. The van der Waals surface area contributed by atoms with E-state index in [1.807, 2.05) is 0 Å². The highest BCUT2D eigenvalue weighted by Gasteiger charge is 2.16. The Morgan fingerprint density at radius 3 is 2.20 bits per heavy atom. The summed E-state index contributed by atoms with van der Waals surface area (Å²) in [5.74, 6) is 1.82. The van der Waals surface area contributed by atoms with Crippen LogP contribution in [0.4, 0.5) is 11.5 Å². The average molecular weight is 481 g/mol. The minimum atomic E-state index is -0.268. The van der Waals surface area contributed by atoms with E-state index in [2.05, 4.69) is 10.3 Å². The van der Waals surface area contributed by atoms with Crippen molar-refractivity contribution >= 4 is 23.4 Å². The number of rotatable bonds is 11. The van der Waals surface area contributed by atoms with Crippen LogP contribution in [0.5, 0.6) is 23.0 Å². The van der Waals surface area contributed by atoms with Crippen molar-refractivity contribution in [3.05, 3.63) is 70.9 Å². The second-order valence-corrected chi connectivity index (χ2v) is 7.31. The number of aliphatic hydroxyl groups is 2. The van der Waals surface area contributed by atoms with Crippen LogP contribution in [0.3, 0.4) is 0 Å². The normalized spacial score (nSPS) is 10.8. The maximum Gasteiger partial charge on any atom is 0.203 e. The van der Waals surface area contributed by atoms with E-state index in [0.717, 1.165) is 0 Å². The molecule has 9 heteroatoms. The molecule has 3 aromatic rings. The molecule has 3 rings (SSSR count). The fraction of sp³-hybridized carbons (Fsp3) is 0.231. The molecule has 0 aliphatic heterocycles. The van der Waals surface area contributed by atoms with Crippen LogP contribution in [0.25, 0.3) is 6.08 Å². The van der Waals surface area contributed by atoms with Gasteiger partial charge in [-0.15, -0.1) is 0 Å². The van der Waals surface area contributed by atoms with E-state index >= 15 is 0 Å². The SMILES string of the molecule is COc1cc(Nc2ncccc2C=CC(=O)c2cc(OC)c(OC)c(OC)c2)cc(CO)c1CO. The molecule has 0 amide bonds. The summed E-state index contributed by atoms with van der Waals surface area (Å²) in [5, 5.41) is 22.5. The summed E-state index contributed by atoms with van der Waals surface area (Å²) in [5.41, 5.74) is 2.67. The van der Waals surface area contributed by atoms with Gasteiger partial charge in [-0.2, -0.15) is 0 Å². The smallest absolute Gasteiger partial charge is 0.203 e. The zero-order chi connectivity index (χ0) is 25.4. The lowest BCUT2D eigenvalue weighted by Gasteiger charge is -2.15. The van der Waals surface area contributed by atoms with Gasteiger partial charge in [-0.05, 0) is 48.0 Å². The maximum absolute atomic E-state index is 12.9. The third kappa shape index (κ3) is 5.71. The summed E-state index contributed by atoms with van der Waals surface area (Å²) >= 11 is 0. The van der Waals surface area contributed by atoms with Gasteiger partial charge in [0.1, 0.15) is 11.6 Å². The number of nitrogens with one attached hydrogen (secondary N) is 1. The predicted octanol–water partition coefficient (Wildman–Crippen LogP) is 3.74. The van der Waals surface area contributed by atoms with Crippen LogP contribution in [0.15, 0.2) is 48.7 Å². The second kappa shape index (κ2) is 11.9. The van der Waals surface area contributed by atoms with E-state index in [0.29, 0.717) is 56.8 Å². The number of aromatic nitrogens is 1. The number of benzene rings is 2. The Kier molecular flexibility index (Phi) is 8.66. The Labute approximate surface area is 203 Å². The molecule has 0 saturated heterocycles. The molecule has 0 radical (unpaired) electrons. The molecule has 2 aromatic carbocycles. The first-order valence-electron chi connectivity index (χ1n) is 10.7. The van der Waals surface area contributed by atoms with Crippen molar-refractivity contribution in [2.24, 2.45) is 0 Å². The van der Waals surface area contributed by atoms with Crippen LogP contribution < -0.4 is 24.3 Å². The Bertz CT molecular complexity index is 1170. The molecule has 1 heterocycles. The number of pyridine rings is 1. The van der Waals surface area contributed by atoms with Crippen molar-refractivity contribution in [3.63, 3.8) is 0 Å². The van der Waals surface area contributed by atoms with Gasteiger partial charge in [0, 0.05) is 34.6 Å². The van der Waals surface area contributed by atoms with Crippen molar-refractivity contribution in [3.8, 4) is 23.0 Å². The highest BCUT2D eigenvalue weighted by Crippen LogP contribution is 2.38. The number of methoxy groups -OCH3 is 4. The monoisotopic (exact) mass is 480 g/mol. The predicted molar refractivity (Wildman–Crippen MR) is 132 cm³/mol. The molecule has 0 aliphatic carbocycles. The van der Waals surface area contributed by atoms with Gasteiger partial charge in [0.05, 0.1) is 41.7 Å². The van der Waals surface area contributed by atoms with Crippen LogP contribution in [-0.2, 0) is 13.2 Å². The number of hydrogen-bond donors (Lipinski definition) is 3. The number of anilines is 2. The molecular weight excluding hydrogens is 452 g/mol. The molecule has 0 aliphatic rings. The number of ketones is 1. The van der Waals surface area contributed by atoms with Crippen LogP contribution in [0.2, 0.25) is 0 Å². The molecule has 0 fully saturated rings. The lowest BCUT2D eigenvalue weighted by atomic mass is 10.1. The average Bonchev–Trinajstić information content (AvgIpc) is 2.90. The first-order chi connectivity index (χ1) is 17.0. The zero-order valence-corrected chi connectivity index (χ0v) is 20.0. The number of hydrogen-bond acceptors (Lipinski definition) is 9. The first kappa shape index (κ1) is 25.5. The van der Waals surface area contributed by atoms with Crippen molar-refractivity contribution in [2.75, 3.05) is 33.8 Å². The highest BCUT2D eigenvalue weighted by atomic mass is 16.5. The van der Waals surface area contributed by atoms with Gasteiger partial charge in [0.2, 0.25) is 5.75 Å². The molecule has 0 unspecified atom stereocenters. The van der Waals surface area contributed by atoms with Crippen molar-refractivity contribution in [1.29, 1.82) is 0 Å². The topological polar surface area (TPSA) is 119 Å². The van der Waals surface area contributed by atoms with E-state index in [4.69, 9.17) is 18.9 Å². The van der Waals surface area contributed by atoms with Gasteiger partial charge in [-0.3, -0.25) is 4.79 Å². The number of carbonyl (C=O) groups is 1. The molecule has 3 N–H and O–H groups in total. The molecule has 0 atom stereocenters. The molecule has 184 valence electrons. The Balaban J connectivity index is 1.91. The van der Waals surface area contributed by atoms with Gasteiger partial charge in [0.25, 0.3) is 0 Å². The van der Waals surface area contributed by atoms with Gasteiger partial charge >= 0.3 is 0 Å². The Hall–Kier alpha value is -4.08. The number of carbonyl (C=O) groups excluding carboxylic acids is 1. The molecule has 0 bridgehead atoms. The summed E-state index contributed by atoms with van der Waals surface area (Å²) in [6.45, 7) is -0.528.